The number of halogens is 1. The number of ether oxygens (including phenoxy) is 1. The van der Waals surface area contributed by atoms with Gasteiger partial charge in [0.05, 0.1) is 11.4 Å². The monoisotopic (exact) mass is 438 g/mol. The van der Waals surface area contributed by atoms with Crippen molar-refractivity contribution in [2.75, 3.05) is 20.3 Å². The first kappa shape index (κ1) is 21.4. The summed E-state index contributed by atoms with van der Waals surface area (Å²) in [6.07, 6.45) is 4.25. The van der Waals surface area contributed by atoms with Crippen LogP contribution in [0.5, 0.6) is 0 Å². The predicted octanol–water partition coefficient (Wildman–Crippen LogP) is 1.97. The van der Waals surface area contributed by atoms with Crippen molar-refractivity contribution in [1.29, 1.82) is 0 Å². The quantitative estimate of drug-likeness (QED) is 0.425. The molecule has 32 heavy (non-hydrogen) atoms. The summed E-state index contributed by atoms with van der Waals surface area (Å²) < 4.78 is 22.9. The summed E-state index contributed by atoms with van der Waals surface area (Å²) in [5, 5.41) is 12.0. The highest BCUT2D eigenvalue weighted by Crippen LogP contribution is 2.24. The van der Waals surface area contributed by atoms with Crippen LogP contribution in [0.1, 0.15) is 12.1 Å². The maximum absolute atomic E-state index is 13.5. The van der Waals surface area contributed by atoms with E-state index in [0.29, 0.717) is 47.7 Å². The van der Waals surface area contributed by atoms with Crippen molar-refractivity contribution in [2.45, 2.75) is 19.9 Å². The third-order valence-electron chi connectivity index (χ3n) is 4.98. The first-order chi connectivity index (χ1) is 15.5. The van der Waals surface area contributed by atoms with Crippen LogP contribution in [0.25, 0.3) is 22.4 Å². The predicted molar refractivity (Wildman–Crippen MR) is 117 cm³/mol. The molecule has 4 rings (SSSR count). The Kier molecular flexibility index (Phi) is 6.13. The van der Waals surface area contributed by atoms with Gasteiger partial charge in [0.1, 0.15) is 23.3 Å². The number of hydrogen-bond donors (Lipinski definition) is 1. The highest BCUT2D eigenvalue weighted by Gasteiger charge is 2.22. The molecule has 10 heteroatoms. The van der Waals surface area contributed by atoms with Gasteiger partial charge in [-0.25, -0.2) is 13.8 Å². The molecule has 0 radical (unpaired) electrons. The molecule has 0 saturated carbocycles. The molecule has 1 amide bonds. The average molecular weight is 438 g/mol. The van der Waals surface area contributed by atoms with Gasteiger partial charge in [0.25, 0.3) is 5.56 Å². The van der Waals surface area contributed by atoms with Gasteiger partial charge in [-0.05, 0) is 49.7 Å². The molecule has 0 saturated heterocycles. The number of methoxy groups -OCH3 is 1. The summed E-state index contributed by atoms with van der Waals surface area (Å²) >= 11 is 0. The van der Waals surface area contributed by atoms with E-state index in [4.69, 9.17) is 4.74 Å². The van der Waals surface area contributed by atoms with E-state index in [1.807, 2.05) is 12.1 Å². The van der Waals surface area contributed by atoms with Gasteiger partial charge in [0.15, 0.2) is 5.82 Å². The fourth-order valence-electron chi connectivity index (χ4n) is 3.48. The number of benzene rings is 1. The van der Waals surface area contributed by atoms with E-state index in [0.717, 1.165) is 4.68 Å². The van der Waals surface area contributed by atoms with Crippen LogP contribution >= 0.6 is 0 Å². The lowest BCUT2D eigenvalue weighted by atomic mass is 10.2. The molecule has 3 heterocycles. The van der Waals surface area contributed by atoms with Gasteiger partial charge in [-0.2, -0.15) is 10.2 Å². The van der Waals surface area contributed by atoms with Crippen LogP contribution < -0.4 is 10.9 Å². The summed E-state index contributed by atoms with van der Waals surface area (Å²) in [5.41, 5.74) is 1.07. The topological polar surface area (TPSA) is 96.0 Å². The Hall–Kier alpha value is -3.79. The van der Waals surface area contributed by atoms with E-state index in [-0.39, 0.29) is 18.3 Å². The lowest BCUT2D eigenvalue weighted by Crippen LogP contribution is -2.34. The highest BCUT2D eigenvalue weighted by molar-refractivity contribution is 5.88. The van der Waals surface area contributed by atoms with E-state index in [9.17, 15) is 14.0 Å². The zero-order valence-electron chi connectivity index (χ0n) is 17.8. The number of carbonyl (C=O) groups excluding carboxylic acids is 1. The molecule has 1 aromatic carbocycles. The molecule has 0 aliphatic carbocycles. The van der Waals surface area contributed by atoms with Gasteiger partial charge >= 0.3 is 0 Å². The SMILES string of the molecule is COCCCNC(=O)Cn1nc(C)c2nn(-c3ccc(F)cc3)c(-n3cccc3)c2c1=O. The minimum atomic E-state index is -0.435. The molecule has 166 valence electrons. The zero-order chi connectivity index (χ0) is 22.7. The molecule has 0 aliphatic heterocycles. The van der Waals surface area contributed by atoms with Crippen LogP contribution in [0.3, 0.4) is 0 Å². The summed E-state index contributed by atoms with van der Waals surface area (Å²) in [7, 11) is 1.59. The van der Waals surface area contributed by atoms with Gasteiger partial charge in [-0.1, -0.05) is 0 Å². The number of carbonyl (C=O) groups is 1. The first-order valence-electron chi connectivity index (χ1n) is 10.1. The second-order valence-corrected chi connectivity index (χ2v) is 7.27. The van der Waals surface area contributed by atoms with Gasteiger partial charge in [-0.3, -0.25) is 9.59 Å². The third-order valence-corrected chi connectivity index (χ3v) is 4.98. The summed E-state index contributed by atoms with van der Waals surface area (Å²) in [5.74, 6) is -0.200. The Morgan fingerprint density at radius 3 is 2.56 bits per heavy atom. The normalized spacial score (nSPS) is 11.2. The number of fused-ring (bicyclic) bond motifs is 1. The van der Waals surface area contributed by atoms with Crippen LogP contribution in [0.2, 0.25) is 0 Å². The number of aryl methyl sites for hydroxylation is 1. The summed E-state index contributed by atoms with van der Waals surface area (Å²) in [4.78, 5) is 25.7. The van der Waals surface area contributed by atoms with Gasteiger partial charge in [0, 0.05) is 32.7 Å². The average Bonchev–Trinajstić information content (AvgIpc) is 3.43. The van der Waals surface area contributed by atoms with Crippen molar-refractivity contribution in [3.63, 3.8) is 0 Å². The summed E-state index contributed by atoms with van der Waals surface area (Å²) in [6, 6.07) is 9.49. The molecule has 0 fully saturated rings. The Morgan fingerprint density at radius 2 is 1.88 bits per heavy atom. The van der Waals surface area contributed by atoms with Crippen LogP contribution in [0.15, 0.2) is 53.6 Å². The highest BCUT2D eigenvalue weighted by atomic mass is 19.1. The van der Waals surface area contributed by atoms with E-state index in [1.54, 1.807) is 47.8 Å². The molecule has 4 aromatic rings. The number of rotatable bonds is 8. The van der Waals surface area contributed by atoms with Crippen molar-refractivity contribution in [2.24, 2.45) is 0 Å². The van der Waals surface area contributed by atoms with E-state index in [2.05, 4.69) is 15.5 Å². The lowest BCUT2D eigenvalue weighted by molar-refractivity contribution is -0.121. The number of nitrogens with zero attached hydrogens (tertiary/aromatic N) is 5. The molecule has 0 aliphatic rings. The fourth-order valence-corrected chi connectivity index (χ4v) is 3.48. The number of nitrogens with one attached hydrogen (secondary N) is 1. The van der Waals surface area contributed by atoms with Crippen molar-refractivity contribution in [3.8, 4) is 11.5 Å². The second kappa shape index (κ2) is 9.15. The van der Waals surface area contributed by atoms with Gasteiger partial charge in [0.2, 0.25) is 5.91 Å². The van der Waals surface area contributed by atoms with Crippen LogP contribution in [-0.2, 0) is 16.1 Å². The minimum absolute atomic E-state index is 0.213. The Balaban J connectivity index is 1.81. The molecular weight excluding hydrogens is 415 g/mol. The molecular formula is C22H23FN6O3. The van der Waals surface area contributed by atoms with Crippen molar-refractivity contribution < 1.29 is 13.9 Å². The Morgan fingerprint density at radius 1 is 1.16 bits per heavy atom. The van der Waals surface area contributed by atoms with Crippen LogP contribution in [0.4, 0.5) is 4.39 Å². The maximum atomic E-state index is 13.5. The van der Waals surface area contributed by atoms with Crippen LogP contribution in [-0.4, -0.2) is 50.3 Å². The maximum Gasteiger partial charge on any atom is 0.280 e. The molecule has 0 atom stereocenters. The molecule has 9 nitrogen and oxygen atoms in total. The number of hydrogen-bond acceptors (Lipinski definition) is 5. The largest absolute Gasteiger partial charge is 0.385 e. The zero-order valence-corrected chi connectivity index (χ0v) is 17.8. The second-order valence-electron chi connectivity index (χ2n) is 7.27. The van der Waals surface area contributed by atoms with Crippen molar-refractivity contribution in [1.82, 2.24) is 29.4 Å². The Labute approximate surface area is 183 Å². The number of amides is 1. The van der Waals surface area contributed by atoms with Gasteiger partial charge in [-0.15, -0.1) is 0 Å². The standard InChI is InChI=1S/C22H23FN6O3/c1-15-20-19(22(31)28(25-15)14-18(30)24-10-5-13-32-2)21(27-11-3-4-12-27)29(26-20)17-8-6-16(23)7-9-17/h3-4,6-9,11-12H,5,10,13-14H2,1-2H3,(H,24,30). The fraction of sp³-hybridized carbons (Fsp3) is 0.273. The van der Waals surface area contributed by atoms with Crippen molar-refractivity contribution >= 4 is 16.8 Å². The first-order valence-corrected chi connectivity index (χ1v) is 10.1. The van der Waals surface area contributed by atoms with Crippen molar-refractivity contribution in [3.05, 3.63) is 70.7 Å². The molecule has 0 unspecified atom stereocenters. The molecule has 0 spiro atoms. The summed E-state index contributed by atoms with van der Waals surface area (Å²) in [6.45, 7) is 2.50. The molecule has 1 N–H and O–H groups in total. The third kappa shape index (κ3) is 4.17. The van der Waals surface area contributed by atoms with E-state index < -0.39 is 5.56 Å². The van der Waals surface area contributed by atoms with Gasteiger partial charge < -0.3 is 14.6 Å². The van der Waals surface area contributed by atoms with E-state index in [1.165, 1.54) is 12.1 Å². The smallest absolute Gasteiger partial charge is 0.280 e. The number of aromatic nitrogens is 5. The minimum Gasteiger partial charge on any atom is -0.385 e. The van der Waals surface area contributed by atoms with E-state index >= 15 is 0 Å². The van der Waals surface area contributed by atoms with Crippen LogP contribution in [0, 0.1) is 12.7 Å². The molecule has 3 aromatic heterocycles. The molecule has 0 bridgehead atoms. The Bertz CT molecular complexity index is 1290. The lowest BCUT2D eigenvalue weighted by Gasteiger charge is -2.10.